The van der Waals surface area contributed by atoms with E-state index in [4.69, 9.17) is 0 Å². The van der Waals surface area contributed by atoms with E-state index >= 15 is 0 Å². The van der Waals surface area contributed by atoms with Crippen LogP contribution in [0.5, 0.6) is 0 Å². The van der Waals surface area contributed by atoms with Crippen molar-refractivity contribution in [1.82, 2.24) is 30.3 Å². The number of hydrogen-bond acceptors (Lipinski definition) is 4. The van der Waals surface area contributed by atoms with Crippen LogP contribution in [-0.2, 0) is 11.3 Å². The second-order valence-electron chi connectivity index (χ2n) is 5.88. The molecule has 0 saturated heterocycles. The maximum atomic E-state index is 13.0. The summed E-state index contributed by atoms with van der Waals surface area (Å²) in [7, 11) is 0. The van der Waals surface area contributed by atoms with Crippen molar-refractivity contribution in [2.75, 3.05) is 0 Å². The molecule has 1 atom stereocenters. The van der Waals surface area contributed by atoms with E-state index in [0.29, 0.717) is 17.2 Å². The van der Waals surface area contributed by atoms with Crippen LogP contribution in [0.25, 0.3) is 11.4 Å². The van der Waals surface area contributed by atoms with Crippen LogP contribution in [0.1, 0.15) is 30.2 Å². The van der Waals surface area contributed by atoms with Gasteiger partial charge in [-0.25, -0.2) is 9.37 Å². The molecule has 7 nitrogen and oxygen atoms in total. The first kappa shape index (κ1) is 16.8. The van der Waals surface area contributed by atoms with Crippen LogP contribution in [0, 0.1) is 19.7 Å². The first-order valence-corrected chi connectivity index (χ1v) is 7.91. The zero-order chi connectivity index (χ0) is 18.0. The molecule has 0 bridgehead atoms. The normalized spacial score (nSPS) is 12.2. The first-order valence-electron chi connectivity index (χ1n) is 7.91. The van der Waals surface area contributed by atoms with Gasteiger partial charge in [0.1, 0.15) is 17.7 Å². The second kappa shape index (κ2) is 6.84. The molecule has 1 aromatic carbocycles. The molecule has 8 heteroatoms. The molecule has 25 heavy (non-hydrogen) atoms. The minimum Gasteiger partial charge on any atom is -0.347 e. The Hall–Kier alpha value is -3.03. The molecular formula is C17H19FN6O. The summed E-state index contributed by atoms with van der Waals surface area (Å²) in [4.78, 5) is 16.6. The van der Waals surface area contributed by atoms with Gasteiger partial charge in [0.25, 0.3) is 0 Å². The predicted molar refractivity (Wildman–Crippen MR) is 90.0 cm³/mol. The topological polar surface area (TPSA) is 88.5 Å². The van der Waals surface area contributed by atoms with Crippen molar-refractivity contribution >= 4 is 5.91 Å². The van der Waals surface area contributed by atoms with Gasteiger partial charge in [-0.05, 0) is 51.1 Å². The van der Waals surface area contributed by atoms with Crippen molar-refractivity contribution in [2.45, 2.75) is 33.4 Å². The van der Waals surface area contributed by atoms with Crippen LogP contribution in [0.15, 0.2) is 30.3 Å². The average molecular weight is 342 g/mol. The number of nitrogens with one attached hydrogen (secondary N) is 2. The molecular weight excluding hydrogens is 323 g/mol. The average Bonchev–Trinajstić information content (AvgIpc) is 3.19. The highest BCUT2D eigenvalue weighted by atomic mass is 19.1. The van der Waals surface area contributed by atoms with E-state index in [0.717, 1.165) is 11.4 Å². The van der Waals surface area contributed by atoms with E-state index < -0.39 is 6.04 Å². The van der Waals surface area contributed by atoms with Crippen molar-refractivity contribution in [3.8, 4) is 11.4 Å². The molecule has 3 aromatic rings. The van der Waals surface area contributed by atoms with Crippen molar-refractivity contribution in [3.05, 3.63) is 53.4 Å². The molecule has 2 heterocycles. The predicted octanol–water partition coefficient (Wildman–Crippen LogP) is 2.30. The van der Waals surface area contributed by atoms with Crippen LogP contribution in [0.4, 0.5) is 4.39 Å². The maximum absolute atomic E-state index is 13.0. The maximum Gasteiger partial charge on any atom is 0.244 e. The molecule has 0 aliphatic carbocycles. The van der Waals surface area contributed by atoms with E-state index in [-0.39, 0.29) is 18.3 Å². The van der Waals surface area contributed by atoms with Gasteiger partial charge in [-0.3, -0.25) is 14.6 Å². The molecule has 1 amide bonds. The molecule has 3 rings (SSSR count). The summed E-state index contributed by atoms with van der Waals surface area (Å²) in [6, 6.07) is 7.41. The van der Waals surface area contributed by atoms with Crippen molar-refractivity contribution in [1.29, 1.82) is 0 Å². The SMILES string of the molecule is Cc1cc(C)n([C@H](C)C(=O)NCc2nc(-c3ccc(F)cc3)n[nH]2)n1. The van der Waals surface area contributed by atoms with E-state index in [1.165, 1.54) is 12.1 Å². The smallest absolute Gasteiger partial charge is 0.244 e. The largest absolute Gasteiger partial charge is 0.347 e. The summed E-state index contributed by atoms with van der Waals surface area (Å²) < 4.78 is 14.6. The zero-order valence-corrected chi connectivity index (χ0v) is 14.2. The number of rotatable bonds is 5. The third-order valence-corrected chi connectivity index (χ3v) is 3.86. The van der Waals surface area contributed by atoms with Crippen LogP contribution in [0.3, 0.4) is 0 Å². The third-order valence-electron chi connectivity index (χ3n) is 3.86. The van der Waals surface area contributed by atoms with Gasteiger partial charge in [0, 0.05) is 11.3 Å². The Bertz CT molecular complexity index is 883. The van der Waals surface area contributed by atoms with Gasteiger partial charge in [0.05, 0.1) is 12.2 Å². The van der Waals surface area contributed by atoms with E-state index in [2.05, 4.69) is 25.6 Å². The lowest BCUT2D eigenvalue weighted by molar-refractivity contribution is -0.124. The molecule has 0 aliphatic rings. The molecule has 0 unspecified atom stereocenters. The van der Waals surface area contributed by atoms with Crippen LogP contribution >= 0.6 is 0 Å². The van der Waals surface area contributed by atoms with Crippen molar-refractivity contribution in [3.63, 3.8) is 0 Å². The molecule has 130 valence electrons. The number of aryl methyl sites for hydroxylation is 2. The molecule has 2 N–H and O–H groups in total. The second-order valence-corrected chi connectivity index (χ2v) is 5.88. The lowest BCUT2D eigenvalue weighted by atomic mass is 10.2. The van der Waals surface area contributed by atoms with E-state index in [1.54, 1.807) is 23.7 Å². The van der Waals surface area contributed by atoms with Gasteiger partial charge < -0.3 is 5.32 Å². The quantitative estimate of drug-likeness (QED) is 0.745. The number of halogens is 1. The Balaban J connectivity index is 1.63. The number of nitrogens with zero attached hydrogens (tertiary/aromatic N) is 4. The lowest BCUT2D eigenvalue weighted by Gasteiger charge is -2.13. The van der Waals surface area contributed by atoms with E-state index in [9.17, 15) is 9.18 Å². The minimum absolute atomic E-state index is 0.161. The summed E-state index contributed by atoms with van der Waals surface area (Å²) in [6.45, 7) is 5.81. The summed E-state index contributed by atoms with van der Waals surface area (Å²) in [6.07, 6.45) is 0. The number of benzene rings is 1. The monoisotopic (exact) mass is 342 g/mol. The molecule has 0 fully saturated rings. The highest BCUT2D eigenvalue weighted by Gasteiger charge is 2.18. The van der Waals surface area contributed by atoms with Crippen molar-refractivity contribution in [2.24, 2.45) is 0 Å². The van der Waals surface area contributed by atoms with Gasteiger partial charge in [-0.1, -0.05) is 0 Å². The summed E-state index contributed by atoms with van der Waals surface area (Å²) >= 11 is 0. The number of carbonyl (C=O) groups is 1. The fourth-order valence-electron chi connectivity index (χ4n) is 2.57. The number of amides is 1. The minimum atomic E-state index is -0.423. The lowest BCUT2D eigenvalue weighted by Crippen LogP contribution is -2.31. The number of carbonyl (C=O) groups excluding carboxylic acids is 1. The number of hydrogen-bond donors (Lipinski definition) is 2. The van der Waals surface area contributed by atoms with Gasteiger partial charge in [0.15, 0.2) is 5.82 Å². The standard InChI is InChI=1S/C17H19FN6O/c1-10-8-11(2)24(23-10)12(3)17(25)19-9-15-20-16(22-21-15)13-4-6-14(18)7-5-13/h4-8,12H,9H2,1-3H3,(H,19,25)(H,20,21,22)/t12-/m1/s1. The highest BCUT2D eigenvalue weighted by molar-refractivity contribution is 5.79. The first-order chi connectivity index (χ1) is 11.9. The third kappa shape index (κ3) is 3.73. The Morgan fingerprint density at radius 2 is 2.04 bits per heavy atom. The molecule has 2 aromatic heterocycles. The zero-order valence-electron chi connectivity index (χ0n) is 14.2. The molecule has 0 aliphatic heterocycles. The Labute approximate surface area is 144 Å². The van der Waals surface area contributed by atoms with Crippen LogP contribution in [-0.4, -0.2) is 30.9 Å². The summed E-state index contributed by atoms with van der Waals surface area (Å²) in [5, 5.41) is 14.0. The highest BCUT2D eigenvalue weighted by Crippen LogP contribution is 2.15. The number of H-pyrrole nitrogens is 1. The van der Waals surface area contributed by atoms with Gasteiger partial charge in [0.2, 0.25) is 5.91 Å². The van der Waals surface area contributed by atoms with Gasteiger partial charge >= 0.3 is 0 Å². The molecule has 0 spiro atoms. The Morgan fingerprint density at radius 1 is 1.32 bits per heavy atom. The fourth-order valence-corrected chi connectivity index (χ4v) is 2.57. The van der Waals surface area contributed by atoms with Crippen LogP contribution < -0.4 is 5.32 Å². The van der Waals surface area contributed by atoms with E-state index in [1.807, 2.05) is 19.9 Å². The molecule has 0 radical (unpaired) electrons. The Morgan fingerprint density at radius 3 is 2.68 bits per heavy atom. The fraction of sp³-hybridized carbons (Fsp3) is 0.294. The van der Waals surface area contributed by atoms with Gasteiger partial charge in [-0.2, -0.15) is 10.2 Å². The Kier molecular flexibility index (Phi) is 4.60. The number of aromatic amines is 1. The number of aromatic nitrogens is 5. The molecule has 0 saturated carbocycles. The summed E-state index contributed by atoms with van der Waals surface area (Å²) in [5.74, 6) is 0.500. The van der Waals surface area contributed by atoms with Gasteiger partial charge in [-0.15, -0.1) is 0 Å². The summed E-state index contributed by atoms with van der Waals surface area (Å²) in [5.41, 5.74) is 2.50. The van der Waals surface area contributed by atoms with Crippen molar-refractivity contribution < 1.29 is 9.18 Å². The van der Waals surface area contributed by atoms with Crippen LogP contribution in [0.2, 0.25) is 0 Å².